The lowest BCUT2D eigenvalue weighted by Crippen LogP contribution is -2.45. The van der Waals surface area contributed by atoms with Crippen LogP contribution in [-0.2, 0) is 4.74 Å². The largest absolute Gasteiger partial charge is 0.380 e. The van der Waals surface area contributed by atoms with E-state index in [0.717, 1.165) is 45.8 Å². The highest BCUT2D eigenvalue weighted by atomic mass is 35.5. The van der Waals surface area contributed by atoms with E-state index in [1.54, 1.807) is 0 Å². The molecule has 1 spiro atoms. The maximum Gasteiger partial charge on any atom is 0.214 e. The van der Waals surface area contributed by atoms with Crippen LogP contribution in [-0.4, -0.2) is 55.8 Å². The molecule has 32 heavy (non-hydrogen) atoms. The first-order valence-electron chi connectivity index (χ1n) is 10.7. The summed E-state index contributed by atoms with van der Waals surface area (Å²) in [6.45, 7) is 6.31. The molecule has 3 aliphatic heterocycles. The Hall–Kier alpha value is -1.68. The molecule has 4 heterocycles. The molecule has 1 N–H and O–H groups in total. The lowest BCUT2D eigenvalue weighted by Gasteiger charge is -2.38. The molecule has 0 aliphatic carbocycles. The Morgan fingerprint density at radius 1 is 1.25 bits per heavy atom. The molecule has 0 bridgehead atoms. The van der Waals surface area contributed by atoms with Crippen molar-refractivity contribution in [1.29, 1.82) is 0 Å². The number of likely N-dealkylation sites (tertiary alicyclic amines) is 1. The number of hydrogen-bond donors (Lipinski definition) is 1. The summed E-state index contributed by atoms with van der Waals surface area (Å²) in [6, 6.07) is 5.44. The van der Waals surface area contributed by atoms with Crippen molar-refractivity contribution >= 4 is 35.1 Å². The zero-order chi connectivity index (χ0) is 22.3. The SMILES string of the molecule is Fc1cccc(NSc2c(F)cc(N3CC[C@@H](CN4CCC5(COC5)C4)C3)c(Cl)c2F)n1. The minimum absolute atomic E-state index is 0.102. The van der Waals surface area contributed by atoms with Gasteiger partial charge in [-0.1, -0.05) is 17.7 Å². The highest BCUT2D eigenvalue weighted by Crippen LogP contribution is 2.40. The lowest BCUT2D eigenvalue weighted by atomic mass is 9.85. The first-order valence-corrected chi connectivity index (χ1v) is 11.9. The first-order chi connectivity index (χ1) is 15.4. The fourth-order valence-electron chi connectivity index (χ4n) is 4.83. The molecule has 3 aliphatic rings. The Labute approximate surface area is 194 Å². The van der Waals surface area contributed by atoms with Gasteiger partial charge in [0.25, 0.3) is 0 Å². The van der Waals surface area contributed by atoms with Gasteiger partial charge in [0.15, 0.2) is 5.82 Å². The van der Waals surface area contributed by atoms with Crippen molar-refractivity contribution in [3.8, 4) is 0 Å². The van der Waals surface area contributed by atoms with Crippen LogP contribution in [0, 0.1) is 28.9 Å². The molecule has 1 atom stereocenters. The summed E-state index contributed by atoms with van der Waals surface area (Å²) < 4.78 is 51.0. The van der Waals surface area contributed by atoms with E-state index in [-0.39, 0.29) is 15.7 Å². The maximum atomic E-state index is 14.9. The van der Waals surface area contributed by atoms with Crippen LogP contribution in [0.25, 0.3) is 0 Å². The predicted octanol–water partition coefficient (Wildman–Crippen LogP) is 4.82. The molecule has 5 nitrogen and oxygen atoms in total. The van der Waals surface area contributed by atoms with Crippen LogP contribution in [0.2, 0.25) is 5.02 Å². The van der Waals surface area contributed by atoms with Crippen LogP contribution in [0.4, 0.5) is 24.7 Å². The first kappa shape index (κ1) is 22.1. The molecule has 5 rings (SSSR count). The van der Waals surface area contributed by atoms with Crippen molar-refractivity contribution in [3.05, 3.63) is 46.9 Å². The maximum absolute atomic E-state index is 14.9. The predicted molar refractivity (Wildman–Crippen MR) is 120 cm³/mol. The number of benzene rings is 1. The Morgan fingerprint density at radius 3 is 2.81 bits per heavy atom. The Bertz CT molecular complexity index is 1010. The second-order valence-electron chi connectivity index (χ2n) is 8.96. The summed E-state index contributed by atoms with van der Waals surface area (Å²) in [4.78, 5) is 7.81. The summed E-state index contributed by atoms with van der Waals surface area (Å²) in [6.07, 6.45) is 2.15. The third-order valence-electron chi connectivity index (χ3n) is 6.55. The van der Waals surface area contributed by atoms with Crippen molar-refractivity contribution in [2.45, 2.75) is 17.7 Å². The fraction of sp³-hybridized carbons (Fsp3) is 0.500. The summed E-state index contributed by atoms with van der Waals surface area (Å²) in [5.74, 6) is -1.63. The Morgan fingerprint density at radius 2 is 2.09 bits per heavy atom. The van der Waals surface area contributed by atoms with Gasteiger partial charge in [0.05, 0.1) is 18.9 Å². The normalized spacial score (nSPS) is 22.5. The molecule has 2 aromatic rings. The topological polar surface area (TPSA) is 40.6 Å². The Kier molecular flexibility index (Phi) is 6.17. The van der Waals surface area contributed by atoms with Crippen LogP contribution < -0.4 is 9.62 Å². The van der Waals surface area contributed by atoms with Crippen molar-refractivity contribution in [3.63, 3.8) is 0 Å². The van der Waals surface area contributed by atoms with Crippen LogP contribution >= 0.6 is 23.5 Å². The van der Waals surface area contributed by atoms with E-state index in [2.05, 4.69) is 14.6 Å². The van der Waals surface area contributed by atoms with E-state index in [4.69, 9.17) is 16.3 Å². The second-order valence-corrected chi connectivity index (χ2v) is 10.2. The third kappa shape index (κ3) is 4.40. The number of anilines is 2. The molecular formula is C22H24ClF3N4OS. The molecule has 1 aromatic carbocycles. The summed E-state index contributed by atoms with van der Waals surface area (Å²) in [5.41, 5.74) is 0.735. The molecule has 0 unspecified atom stereocenters. The summed E-state index contributed by atoms with van der Waals surface area (Å²) >= 11 is 7.00. The van der Waals surface area contributed by atoms with Gasteiger partial charge in [-0.15, -0.1) is 0 Å². The minimum Gasteiger partial charge on any atom is -0.380 e. The zero-order valence-corrected chi connectivity index (χ0v) is 19.0. The van der Waals surface area contributed by atoms with Gasteiger partial charge in [-0.3, -0.25) is 0 Å². The van der Waals surface area contributed by atoms with Gasteiger partial charge in [0.1, 0.15) is 21.6 Å². The van der Waals surface area contributed by atoms with Crippen LogP contribution in [0.3, 0.4) is 0 Å². The highest BCUT2D eigenvalue weighted by molar-refractivity contribution is 8.00. The average molecular weight is 485 g/mol. The average Bonchev–Trinajstić information content (AvgIpc) is 3.38. The van der Waals surface area contributed by atoms with Crippen molar-refractivity contribution < 1.29 is 17.9 Å². The van der Waals surface area contributed by atoms with Crippen molar-refractivity contribution in [2.75, 3.05) is 55.6 Å². The van der Waals surface area contributed by atoms with Crippen molar-refractivity contribution in [1.82, 2.24) is 9.88 Å². The van der Waals surface area contributed by atoms with Crippen LogP contribution in [0.15, 0.2) is 29.2 Å². The molecular weight excluding hydrogens is 461 g/mol. The van der Waals surface area contributed by atoms with E-state index >= 15 is 0 Å². The Balaban J connectivity index is 1.23. The number of nitrogens with one attached hydrogen (secondary N) is 1. The van der Waals surface area contributed by atoms with E-state index < -0.39 is 17.6 Å². The zero-order valence-electron chi connectivity index (χ0n) is 17.4. The van der Waals surface area contributed by atoms with Crippen LogP contribution in [0.1, 0.15) is 12.8 Å². The van der Waals surface area contributed by atoms with Gasteiger partial charge in [-0.25, -0.2) is 13.8 Å². The van der Waals surface area contributed by atoms with E-state index in [0.29, 0.717) is 35.5 Å². The molecule has 0 radical (unpaired) electrons. The summed E-state index contributed by atoms with van der Waals surface area (Å²) in [7, 11) is 0. The number of aromatic nitrogens is 1. The fourth-order valence-corrected chi connectivity index (χ4v) is 5.83. The molecule has 3 saturated heterocycles. The van der Waals surface area contributed by atoms with Gasteiger partial charge < -0.3 is 19.3 Å². The lowest BCUT2D eigenvalue weighted by molar-refractivity contribution is -0.105. The number of halogens is 4. The number of ether oxygens (including phenoxy) is 1. The monoisotopic (exact) mass is 484 g/mol. The molecule has 10 heteroatoms. The third-order valence-corrected chi connectivity index (χ3v) is 7.80. The van der Waals surface area contributed by atoms with E-state index in [1.807, 2.05) is 4.90 Å². The van der Waals surface area contributed by atoms with Gasteiger partial charge in [-0.05, 0) is 49.4 Å². The quantitative estimate of drug-likeness (QED) is 0.360. The smallest absolute Gasteiger partial charge is 0.214 e. The summed E-state index contributed by atoms with van der Waals surface area (Å²) in [5, 5.41) is -0.102. The molecule has 0 saturated carbocycles. The van der Waals surface area contributed by atoms with Gasteiger partial charge >= 0.3 is 0 Å². The second kappa shape index (κ2) is 8.93. The molecule has 172 valence electrons. The van der Waals surface area contributed by atoms with Gasteiger partial charge in [0.2, 0.25) is 5.95 Å². The molecule has 0 amide bonds. The van der Waals surface area contributed by atoms with Crippen LogP contribution in [0.5, 0.6) is 0 Å². The highest BCUT2D eigenvalue weighted by Gasteiger charge is 2.44. The van der Waals surface area contributed by atoms with E-state index in [9.17, 15) is 13.2 Å². The standard InChI is InChI=1S/C22H24ClF3N4OS/c23-19-16(8-15(24)21(20(19)26)32-28-18-3-1-2-17(25)27-18)30-6-4-14(10-30)9-29-7-5-22(11-29)12-31-13-22/h1-3,8,14H,4-7,9-13H2,(H,27,28)/t14-/m0/s1. The molecule has 1 aromatic heterocycles. The number of pyridine rings is 1. The van der Waals surface area contributed by atoms with E-state index in [1.165, 1.54) is 30.7 Å². The minimum atomic E-state index is -0.828. The van der Waals surface area contributed by atoms with Gasteiger partial charge in [0, 0.05) is 37.7 Å². The van der Waals surface area contributed by atoms with Gasteiger partial charge in [-0.2, -0.15) is 4.39 Å². The number of hydrogen-bond acceptors (Lipinski definition) is 6. The number of nitrogens with zero attached hydrogens (tertiary/aromatic N) is 3. The molecule has 3 fully saturated rings. The number of rotatable bonds is 6. The van der Waals surface area contributed by atoms with Crippen molar-refractivity contribution in [2.24, 2.45) is 11.3 Å².